The molecule has 0 spiro atoms. The van der Waals surface area contributed by atoms with Crippen LogP contribution in [-0.2, 0) is 9.53 Å². The molecule has 0 aliphatic carbocycles. The van der Waals surface area contributed by atoms with Crippen LogP contribution in [0.25, 0.3) is 0 Å². The van der Waals surface area contributed by atoms with Gasteiger partial charge in [0, 0.05) is 10.5 Å². The number of alkyl halides is 2. The molecule has 7 heteroatoms. The second kappa shape index (κ2) is 7.73. The number of carbonyl (C=O) groups is 2. The zero-order valence-corrected chi connectivity index (χ0v) is 12.6. The van der Waals surface area contributed by atoms with Crippen molar-refractivity contribution in [1.29, 1.82) is 0 Å². The summed E-state index contributed by atoms with van der Waals surface area (Å²) in [6.45, 7) is 0. The van der Waals surface area contributed by atoms with Crippen LogP contribution >= 0.6 is 11.8 Å². The zero-order chi connectivity index (χ0) is 16.8. The van der Waals surface area contributed by atoms with Gasteiger partial charge in [0.1, 0.15) is 0 Å². The number of carbonyl (C=O) groups excluding carboxylic acids is 2. The lowest BCUT2D eigenvalue weighted by Crippen LogP contribution is -2.26. The highest BCUT2D eigenvalue weighted by Gasteiger charge is 2.23. The lowest BCUT2D eigenvalue weighted by atomic mass is 10.1. The molecule has 2 N–H and O–H groups in total. The molecule has 0 aliphatic rings. The van der Waals surface area contributed by atoms with Gasteiger partial charge in [0.05, 0.1) is 5.56 Å². The van der Waals surface area contributed by atoms with Crippen molar-refractivity contribution in [2.45, 2.75) is 16.8 Å². The van der Waals surface area contributed by atoms with Gasteiger partial charge in [-0.05, 0) is 24.3 Å². The summed E-state index contributed by atoms with van der Waals surface area (Å²) >= 11 is 0.375. The highest BCUT2D eigenvalue weighted by Crippen LogP contribution is 2.26. The van der Waals surface area contributed by atoms with Gasteiger partial charge < -0.3 is 10.5 Å². The van der Waals surface area contributed by atoms with Gasteiger partial charge in [0.15, 0.2) is 0 Å². The first-order valence-electron chi connectivity index (χ1n) is 6.57. The quantitative estimate of drug-likeness (QED) is 0.648. The minimum atomic E-state index is -2.54. The molecule has 23 heavy (non-hydrogen) atoms. The van der Waals surface area contributed by atoms with Crippen LogP contribution in [0, 0.1) is 0 Å². The molecular formula is C16H13F2NO3S. The predicted octanol–water partition coefficient (Wildman–Crippen LogP) is 3.38. The Balaban J connectivity index is 2.11. The number of amides is 1. The highest BCUT2D eigenvalue weighted by molar-refractivity contribution is 7.99. The summed E-state index contributed by atoms with van der Waals surface area (Å²) in [6, 6.07) is 13.8. The Morgan fingerprint density at radius 3 is 2.13 bits per heavy atom. The van der Waals surface area contributed by atoms with Crippen molar-refractivity contribution in [2.24, 2.45) is 5.73 Å². The molecule has 1 atom stereocenters. The Morgan fingerprint density at radius 1 is 1.00 bits per heavy atom. The van der Waals surface area contributed by atoms with Gasteiger partial charge in [-0.15, -0.1) is 0 Å². The minimum absolute atomic E-state index is 0.144. The van der Waals surface area contributed by atoms with Gasteiger partial charge in [-0.2, -0.15) is 8.78 Å². The van der Waals surface area contributed by atoms with E-state index in [0.29, 0.717) is 22.2 Å². The molecule has 0 unspecified atom stereocenters. The van der Waals surface area contributed by atoms with E-state index in [-0.39, 0.29) is 5.56 Å². The number of hydrogen-bond donors (Lipinski definition) is 1. The summed E-state index contributed by atoms with van der Waals surface area (Å²) < 4.78 is 29.6. The average molecular weight is 337 g/mol. The molecule has 2 aromatic rings. The zero-order valence-electron chi connectivity index (χ0n) is 11.8. The number of halogens is 2. The summed E-state index contributed by atoms with van der Waals surface area (Å²) in [5.74, 6) is -4.09. The summed E-state index contributed by atoms with van der Waals surface area (Å²) in [6.07, 6.45) is -1.21. The average Bonchev–Trinajstić information content (AvgIpc) is 2.53. The Morgan fingerprint density at radius 2 is 1.61 bits per heavy atom. The lowest BCUT2D eigenvalue weighted by Gasteiger charge is -2.15. The lowest BCUT2D eigenvalue weighted by molar-refractivity contribution is -0.127. The van der Waals surface area contributed by atoms with Gasteiger partial charge in [0.2, 0.25) is 6.10 Å². The summed E-state index contributed by atoms with van der Waals surface area (Å²) in [5.41, 5.74) is 5.87. The normalized spacial score (nSPS) is 12.0. The van der Waals surface area contributed by atoms with Crippen LogP contribution < -0.4 is 5.73 Å². The van der Waals surface area contributed by atoms with Crippen molar-refractivity contribution in [2.75, 3.05) is 0 Å². The maximum Gasteiger partial charge on any atom is 0.339 e. The number of nitrogens with two attached hydrogens (primary N) is 1. The molecular weight excluding hydrogens is 324 g/mol. The topological polar surface area (TPSA) is 69.4 Å². The van der Waals surface area contributed by atoms with Crippen molar-refractivity contribution in [1.82, 2.24) is 0 Å². The molecule has 0 fully saturated rings. The molecule has 4 nitrogen and oxygen atoms in total. The second-order valence-electron chi connectivity index (χ2n) is 4.50. The maximum absolute atomic E-state index is 12.2. The molecule has 0 saturated carbocycles. The molecule has 0 aliphatic heterocycles. The van der Waals surface area contributed by atoms with Crippen molar-refractivity contribution in [3.05, 3.63) is 65.7 Å². The smallest absolute Gasteiger partial charge is 0.339 e. The number of primary amides is 1. The number of esters is 1. The molecule has 0 heterocycles. The van der Waals surface area contributed by atoms with Crippen LogP contribution in [0.5, 0.6) is 0 Å². The summed E-state index contributed by atoms with van der Waals surface area (Å²) in [4.78, 5) is 23.9. The van der Waals surface area contributed by atoms with Crippen molar-refractivity contribution in [3.63, 3.8) is 0 Å². The van der Waals surface area contributed by atoms with Gasteiger partial charge in [0.25, 0.3) is 11.7 Å². The third-order valence-electron chi connectivity index (χ3n) is 2.90. The largest absolute Gasteiger partial charge is 0.444 e. The third-order valence-corrected chi connectivity index (χ3v) is 3.62. The number of rotatable bonds is 6. The molecule has 0 aromatic heterocycles. The van der Waals surface area contributed by atoms with E-state index >= 15 is 0 Å². The Labute approximate surface area is 135 Å². The monoisotopic (exact) mass is 337 g/mol. The van der Waals surface area contributed by atoms with Gasteiger partial charge in [-0.25, -0.2) is 4.79 Å². The van der Waals surface area contributed by atoms with E-state index in [1.807, 2.05) is 0 Å². The predicted molar refractivity (Wildman–Crippen MR) is 82.1 cm³/mol. The van der Waals surface area contributed by atoms with Gasteiger partial charge in [-0.1, -0.05) is 42.1 Å². The molecule has 2 aromatic carbocycles. The van der Waals surface area contributed by atoms with E-state index in [0.717, 1.165) is 0 Å². The van der Waals surface area contributed by atoms with Crippen LogP contribution in [-0.4, -0.2) is 17.6 Å². The van der Waals surface area contributed by atoms with Crippen LogP contribution in [0.1, 0.15) is 22.0 Å². The first-order valence-corrected chi connectivity index (χ1v) is 7.45. The number of thioether (sulfide) groups is 1. The van der Waals surface area contributed by atoms with Crippen LogP contribution in [0.4, 0.5) is 8.78 Å². The second-order valence-corrected chi connectivity index (χ2v) is 5.56. The summed E-state index contributed by atoms with van der Waals surface area (Å²) in [5, 5.41) is 0. The first-order chi connectivity index (χ1) is 11.0. The Kier molecular flexibility index (Phi) is 5.70. The highest BCUT2D eigenvalue weighted by atomic mass is 32.2. The Hall–Kier alpha value is -2.41. The molecule has 1 amide bonds. The van der Waals surface area contributed by atoms with Crippen molar-refractivity contribution < 1.29 is 23.1 Å². The summed E-state index contributed by atoms with van der Waals surface area (Å²) in [7, 11) is 0. The molecule has 0 saturated heterocycles. The molecule has 120 valence electrons. The first kappa shape index (κ1) is 17.0. The molecule has 2 rings (SSSR count). The fourth-order valence-corrected chi connectivity index (χ4v) is 2.36. The van der Waals surface area contributed by atoms with Crippen LogP contribution in [0.15, 0.2) is 59.5 Å². The van der Waals surface area contributed by atoms with Crippen molar-refractivity contribution >= 4 is 23.6 Å². The van der Waals surface area contributed by atoms with Crippen molar-refractivity contribution in [3.8, 4) is 0 Å². The number of ether oxygens (including phenoxy) is 1. The SMILES string of the molecule is NC(=O)[C@H](OC(=O)c1ccc(SC(F)F)cc1)c1ccccc1. The van der Waals surface area contributed by atoms with Gasteiger partial charge >= 0.3 is 5.97 Å². The minimum Gasteiger partial charge on any atom is -0.444 e. The van der Waals surface area contributed by atoms with E-state index < -0.39 is 23.7 Å². The van der Waals surface area contributed by atoms with E-state index in [1.54, 1.807) is 30.3 Å². The van der Waals surface area contributed by atoms with E-state index in [2.05, 4.69) is 0 Å². The van der Waals surface area contributed by atoms with Crippen LogP contribution in [0.3, 0.4) is 0 Å². The van der Waals surface area contributed by atoms with E-state index in [9.17, 15) is 18.4 Å². The van der Waals surface area contributed by atoms with E-state index in [4.69, 9.17) is 10.5 Å². The third kappa shape index (κ3) is 4.79. The number of benzene rings is 2. The van der Waals surface area contributed by atoms with Gasteiger partial charge in [-0.3, -0.25) is 4.79 Å². The maximum atomic E-state index is 12.2. The molecule has 0 radical (unpaired) electrons. The number of hydrogen-bond acceptors (Lipinski definition) is 4. The van der Waals surface area contributed by atoms with E-state index in [1.165, 1.54) is 24.3 Å². The fraction of sp³-hybridized carbons (Fsp3) is 0.125. The molecule has 0 bridgehead atoms. The standard InChI is InChI=1S/C16H13F2NO3S/c17-16(18)23-12-8-6-11(7-9-12)15(21)22-13(14(19)20)10-4-2-1-3-5-10/h1-9,13,16H,(H2,19,20)/t13-/m1/s1. The van der Waals surface area contributed by atoms with Crippen LogP contribution in [0.2, 0.25) is 0 Å². The Bertz CT molecular complexity index is 677. The fourth-order valence-electron chi connectivity index (χ4n) is 1.87.